The fraction of sp³-hybridized carbons (Fsp3) is 0.417. The molecule has 0 saturated heterocycles. The normalized spacial score (nSPS) is 17.1. The van der Waals surface area contributed by atoms with Crippen LogP contribution < -0.4 is 10.6 Å². The Morgan fingerprint density at radius 2 is 2.24 bits per heavy atom. The van der Waals surface area contributed by atoms with Gasteiger partial charge in [0.2, 0.25) is 0 Å². The number of benzene rings is 1. The first-order valence-corrected chi connectivity index (χ1v) is 5.97. The molecule has 1 aromatic rings. The molecule has 17 heavy (non-hydrogen) atoms. The molecule has 0 atom stereocenters. The van der Waals surface area contributed by atoms with Gasteiger partial charge in [0, 0.05) is 10.7 Å². The van der Waals surface area contributed by atoms with Gasteiger partial charge in [-0.05, 0) is 37.5 Å². The van der Waals surface area contributed by atoms with Crippen LogP contribution >= 0.6 is 11.6 Å². The molecule has 1 saturated carbocycles. The quantitative estimate of drug-likeness (QED) is 0.776. The third-order valence-electron chi connectivity index (χ3n) is 3.07. The molecule has 0 spiro atoms. The van der Waals surface area contributed by atoms with E-state index in [2.05, 4.69) is 10.6 Å². The van der Waals surface area contributed by atoms with E-state index in [0.717, 1.165) is 19.3 Å². The highest BCUT2D eigenvalue weighted by molar-refractivity contribution is 6.30. The number of anilines is 1. The van der Waals surface area contributed by atoms with Crippen LogP contribution in [0.2, 0.25) is 5.02 Å². The van der Waals surface area contributed by atoms with E-state index < -0.39 is 5.54 Å². The monoisotopic (exact) mass is 254 g/mol. The lowest BCUT2D eigenvalue weighted by atomic mass is 9.77. The Hall–Kier alpha value is -1.26. The molecule has 92 valence electrons. The van der Waals surface area contributed by atoms with Crippen LogP contribution in [0.25, 0.3) is 0 Å². The Morgan fingerprint density at radius 1 is 1.47 bits per heavy atom. The zero-order chi connectivity index (χ0) is 12.3. The minimum atomic E-state index is -0.428. The van der Waals surface area contributed by atoms with Gasteiger partial charge in [-0.15, -0.1) is 0 Å². The van der Waals surface area contributed by atoms with Gasteiger partial charge >= 0.3 is 6.03 Å². The summed E-state index contributed by atoms with van der Waals surface area (Å²) in [5.74, 6) is 0. The molecule has 0 aliphatic heterocycles. The fourth-order valence-electron chi connectivity index (χ4n) is 1.90. The lowest BCUT2D eigenvalue weighted by molar-refractivity contribution is 0.0984. The van der Waals surface area contributed by atoms with Crippen molar-refractivity contribution in [2.75, 3.05) is 11.9 Å². The van der Waals surface area contributed by atoms with Gasteiger partial charge in [0.1, 0.15) is 0 Å². The molecule has 0 aromatic heterocycles. The molecular weight excluding hydrogens is 240 g/mol. The highest BCUT2D eigenvalue weighted by Crippen LogP contribution is 2.31. The minimum Gasteiger partial charge on any atom is -0.394 e. The van der Waals surface area contributed by atoms with E-state index in [0.29, 0.717) is 10.7 Å². The third-order valence-corrected chi connectivity index (χ3v) is 3.31. The average molecular weight is 255 g/mol. The standard InChI is InChI=1S/C12H15ClN2O2/c13-9-3-1-4-10(7-9)14-11(17)15-12(8-16)5-2-6-12/h1,3-4,7,16H,2,5-6,8H2,(H2,14,15,17). The number of hydrogen-bond donors (Lipinski definition) is 3. The number of carbonyl (C=O) groups excluding carboxylic acids is 1. The second-order valence-corrected chi connectivity index (χ2v) is 4.82. The predicted molar refractivity (Wildman–Crippen MR) is 67.3 cm³/mol. The average Bonchev–Trinajstić information content (AvgIpc) is 2.23. The minimum absolute atomic E-state index is 0.0179. The summed E-state index contributed by atoms with van der Waals surface area (Å²) in [6.07, 6.45) is 2.69. The molecule has 3 N–H and O–H groups in total. The van der Waals surface area contributed by atoms with Crippen LogP contribution in [0.1, 0.15) is 19.3 Å². The predicted octanol–water partition coefficient (Wildman–Crippen LogP) is 2.38. The Bertz CT molecular complexity index is 413. The molecule has 0 bridgehead atoms. The summed E-state index contributed by atoms with van der Waals surface area (Å²) in [6, 6.07) is 6.64. The van der Waals surface area contributed by atoms with E-state index in [9.17, 15) is 9.90 Å². The second-order valence-electron chi connectivity index (χ2n) is 4.38. The van der Waals surface area contributed by atoms with Crippen LogP contribution in [0, 0.1) is 0 Å². The van der Waals surface area contributed by atoms with Gasteiger partial charge < -0.3 is 15.7 Å². The fourth-order valence-corrected chi connectivity index (χ4v) is 2.09. The lowest BCUT2D eigenvalue weighted by Crippen LogP contribution is -2.57. The number of nitrogens with one attached hydrogen (secondary N) is 2. The molecule has 1 fully saturated rings. The van der Waals surface area contributed by atoms with Crippen molar-refractivity contribution < 1.29 is 9.90 Å². The molecule has 0 unspecified atom stereocenters. The molecular formula is C12H15ClN2O2. The van der Waals surface area contributed by atoms with E-state index >= 15 is 0 Å². The third kappa shape index (κ3) is 2.90. The number of halogens is 1. The Labute approximate surface area is 105 Å². The van der Waals surface area contributed by atoms with Gasteiger partial charge in [-0.3, -0.25) is 0 Å². The summed E-state index contributed by atoms with van der Waals surface area (Å²) in [5, 5.41) is 15.3. The van der Waals surface area contributed by atoms with Crippen molar-refractivity contribution in [3.8, 4) is 0 Å². The van der Waals surface area contributed by atoms with Crippen LogP contribution in [-0.4, -0.2) is 23.3 Å². The number of hydrogen-bond acceptors (Lipinski definition) is 2. The largest absolute Gasteiger partial charge is 0.394 e. The number of rotatable bonds is 3. The van der Waals surface area contributed by atoms with Gasteiger partial charge in [-0.2, -0.15) is 0 Å². The van der Waals surface area contributed by atoms with Crippen LogP contribution in [0.15, 0.2) is 24.3 Å². The lowest BCUT2D eigenvalue weighted by Gasteiger charge is -2.40. The molecule has 1 aromatic carbocycles. The first-order chi connectivity index (χ1) is 8.13. The highest BCUT2D eigenvalue weighted by Gasteiger charge is 2.37. The van der Waals surface area contributed by atoms with Crippen molar-refractivity contribution in [1.29, 1.82) is 0 Å². The van der Waals surface area contributed by atoms with Crippen LogP contribution in [-0.2, 0) is 0 Å². The summed E-state index contributed by atoms with van der Waals surface area (Å²) in [4.78, 5) is 11.7. The molecule has 4 nitrogen and oxygen atoms in total. The summed E-state index contributed by atoms with van der Waals surface area (Å²) in [5.41, 5.74) is 0.213. The second kappa shape index (κ2) is 4.94. The number of aliphatic hydroxyl groups excluding tert-OH is 1. The van der Waals surface area contributed by atoms with E-state index in [-0.39, 0.29) is 12.6 Å². The van der Waals surface area contributed by atoms with Crippen molar-refractivity contribution in [2.45, 2.75) is 24.8 Å². The number of aliphatic hydroxyl groups is 1. The first-order valence-electron chi connectivity index (χ1n) is 5.59. The van der Waals surface area contributed by atoms with Gasteiger partial charge in [-0.25, -0.2) is 4.79 Å². The molecule has 1 aliphatic carbocycles. The van der Waals surface area contributed by atoms with E-state index in [4.69, 9.17) is 11.6 Å². The van der Waals surface area contributed by atoms with E-state index in [1.165, 1.54) is 0 Å². The summed E-state index contributed by atoms with van der Waals surface area (Å²) in [7, 11) is 0. The zero-order valence-corrected chi connectivity index (χ0v) is 10.1. The number of carbonyl (C=O) groups is 1. The van der Waals surface area contributed by atoms with Crippen LogP contribution in [0.5, 0.6) is 0 Å². The number of amides is 2. The van der Waals surface area contributed by atoms with Crippen LogP contribution in [0.4, 0.5) is 10.5 Å². The topological polar surface area (TPSA) is 61.4 Å². The van der Waals surface area contributed by atoms with Gasteiger partial charge in [-0.1, -0.05) is 17.7 Å². The van der Waals surface area contributed by atoms with Crippen molar-refractivity contribution in [3.05, 3.63) is 29.3 Å². The van der Waals surface area contributed by atoms with Crippen molar-refractivity contribution in [1.82, 2.24) is 5.32 Å². The molecule has 1 aliphatic rings. The first kappa shape index (κ1) is 12.2. The smallest absolute Gasteiger partial charge is 0.319 e. The molecule has 0 radical (unpaired) electrons. The Kier molecular flexibility index (Phi) is 3.54. The zero-order valence-electron chi connectivity index (χ0n) is 9.37. The van der Waals surface area contributed by atoms with Crippen molar-refractivity contribution in [2.24, 2.45) is 0 Å². The summed E-state index contributed by atoms with van der Waals surface area (Å²) >= 11 is 5.82. The SMILES string of the molecule is O=C(Nc1cccc(Cl)c1)NC1(CO)CCC1. The summed E-state index contributed by atoms with van der Waals surface area (Å²) < 4.78 is 0. The molecule has 5 heteroatoms. The Balaban J connectivity index is 1.93. The maximum Gasteiger partial charge on any atom is 0.319 e. The van der Waals surface area contributed by atoms with Gasteiger partial charge in [0.25, 0.3) is 0 Å². The van der Waals surface area contributed by atoms with Crippen molar-refractivity contribution >= 4 is 23.3 Å². The van der Waals surface area contributed by atoms with Crippen molar-refractivity contribution in [3.63, 3.8) is 0 Å². The van der Waals surface area contributed by atoms with E-state index in [1.54, 1.807) is 24.3 Å². The summed E-state index contributed by atoms with van der Waals surface area (Å²) in [6.45, 7) is -0.0179. The molecule has 0 heterocycles. The molecule has 2 amide bonds. The molecule has 2 rings (SSSR count). The number of urea groups is 1. The highest BCUT2D eigenvalue weighted by atomic mass is 35.5. The van der Waals surface area contributed by atoms with E-state index in [1.807, 2.05) is 0 Å². The van der Waals surface area contributed by atoms with Gasteiger partial charge in [0.15, 0.2) is 0 Å². The maximum absolute atomic E-state index is 11.7. The maximum atomic E-state index is 11.7. The van der Waals surface area contributed by atoms with Crippen LogP contribution in [0.3, 0.4) is 0 Å². The van der Waals surface area contributed by atoms with Gasteiger partial charge in [0.05, 0.1) is 12.1 Å². The Morgan fingerprint density at radius 3 is 2.76 bits per heavy atom.